The summed E-state index contributed by atoms with van der Waals surface area (Å²) in [7, 11) is -3.61. The molecule has 0 aliphatic rings. The zero-order valence-electron chi connectivity index (χ0n) is 18.2. The van der Waals surface area contributed by atoms with E-state index in [4.69, 9.17) is 0 Å². The normalized spacial score (nSPS) is 13.8. The number of sulfonamides is 1. The summed E-state index contributed by atoms with van der Waals surface area (Å²) in [5.74, 6) is 0.602. The van der Waals surface area contributed by atoms with Gasteiger partial charge in [0.1, 0.15) is 12.0 Å². The molecule has 166 valence electrons. The number of nitrogens with one attached hydrogen (secondary N) is 1. The summed E-state index contributed by atoms with van der Waals surface area (Å²) in [6.07, 6.45) is 11.4. The number of allylic oxidation sites excluding steroid dienone is 5. The minimum atomic E-state index is -3.61. The number of rotatable bonds is 16. The van der Waals surface area contributed by atoms with Gasteiger partial charge in [0, 0.05) is 17.9 Å². The lowest BCUT2D eigenvalue weighted by atomic mass is 10.1. The van der Waals surface area contributed by atoms with Crippen molar-refractivity contribution in [2.24, 2.45) is 0 Å². The molecule has 7 heteroatoms. The molecule has 0 radical (unpaired) electrons. The number of aldehydes is 1. The smallest absolute Gasteiger partial charge is 0.212 e. The van der Waals surface area contributed by atoms with Gasteiger partial charge in [-0.1, -0.05) is 41.5 Å². The summed E-state index contributed by atoms with van der Waals surface area (Å²) >= 11 is 1.52. The number of thioether (sulfide) groups is 1. The molecule has 1 unspecified atom stereocenters. The average Bonchev–Trinajstić information content (AvgIpc) is 2.62. The molecule has 0 aromatic heterocycles. The largest absolute Gasteiger partial charge is 0.511 e. The molecular formula is C22H37NO4S2. The Balaban J connectivity index is 4.32. The first kappa shape index (κ1) is 27.7. The second-order valence-electron chi connectivity index (χ2n) is 7.43. The standard InChI is InChI=1S/C22H37NO4S2/c1-18(2)9-6-10-19(3)11-7-12-20(4)13-15-28-17-22(21(5)25)23-29(26,27)16-8-14-24/h9,11,13-14,22-23,25H,5-8,10,12,15-17H2,1-4H3/b19-11+,20-13+. The van der Waals surface area contributed by atoms with Crippen molar-refractivity contribution in [3.8, 4) is 0 Å². The highest BCUT2D eigenvalue weighted by molar-refractivity contribution is 7.99. The van der Waals surface area contributed by atoms with Crippen molar-refractivity contribution in [3.05, 3.63) is 47.3 Å². The lowest BCUT2D eigenvalue weighted by Gasteiger charge is -2.16. The second-order valence-corrected chi connectivity index (χ2v) is 10.4. The summed E-state index contributed by atoms with van der Waals surface area (Å²) in [6.45, 7) is 11.9. The van der Waals surface area contributed by atoms with Crippen LogP contribution in [0, 0.1) is 0 Å². The maximum Gasteiger partial charge on any atom is 0.212 e. The highest BCUT2D eigenvalue weighted by atomic mass is 32.2. The fraction of sp³-hybridized carbons (Fsp3) is 0.591. The highest BCUT2D eigenvalue weighted by Gasteiger charge is 2.19. The van der Waals surface area contributed by atoms with Crippen LogP contribution in [0.15, 0.2) is 47.3 Å². The first-order valence-electron chi connectivity index (χ1n) is 9.91. The Kier molecular flexibility index (Phi) is 14.8. The summed E-state index contributed by atoms with van der Waals surface area (Å²) in [5.41, 5.74) is 4.06. The van der Waals surface area contributed by atoms with Crippen molar-refractivity contribution < 1.29 is 18.3 Å². The van der Waals surface area contributed by atoms with Crippen molar-refractivity contribution >= 4 is 28.1 Å². The Morgan fingerprint density at radius 2 is 1.62 bits per heavy atom. The van der Waals surface area contributed by atoms with Gasteiger partial charge in [0.25, 0.3) is 0 Å². The van der Waals surface area contributed by atoms with Gasteiger partial charge in [-0.05, 0) is 53.4 Å². The van der Waals surface area contributed by atoms with Gasteiger partial charge in [-0.2, -0.15) is 11.8 Å². The van der Waals surface area contributed by atoms with Crippen LogP contribution in [0.1, 0.15) is 59.8 Å². The van der Waals surface area contributed by atoms with Crippen LogP contribution in [0.2, 0.25) is 0 Å². The number of aliphatic hydroxyl groups is 1. The van der Waals surface area contributed by atoms with Gasteiger partial charge < -0.3 is 9.90 Å². The molecule has 1 atom stereocenters. The van der Waals surface area contributed by atoms with Crippen molar-refractivity contribution in [1.29, 1.82) is 0 Å². The van der Waals surface area contributed by atoms with E-state index in [0.717, 1.165) is 31.4 Å². The highest BCUT2D eigenvalue weighted by Crippen LogP contribution is 2.14. The molecule has 0 saturated carbocycles. The summed E-state index contributed by atoms with van der Waals surface area (Å²) in [6, 6.07) is -0.753. The fourth-order valence-electron chi connectivity index (χ4n) is 2.40. The number of aliphatic hydroxyl groups excluding tert-OH is 1. The van der Waals surface area contributed by atoms with Crippen LogP contribution in [0.25, 0.3) is 0 Å². The van der Waals surface area contributed by atoms with E-state index in [2.05, 4.69) is 57.2 Å². The van der Waals surface area contributed by atoms with E-state index in [-0.39, 0.29) is 17.9 Å². The molecule has 2 N–H and O–H groups in total. The third-order valence-corrected chi connectivity index (χ3v) is 6.57. The van der Waals surface area contributed by atoms with E-state index >= 15 is 0 Å². The Morgan fingerprint density at radius 3 is 2.17 bits per heavy atom. The minimum Gasteiger partial charge on any atom is -0.511 e. The molecule has 29 heavy (non-hydrogen) atoms. The van der Waals surface area contributed by atoms with E-state index in [1.807, 2.05) is 0 Å². The Labute approximate surface area is 181 Å². The van der Waals surface area contributed by atoms with E-state index in [0.29, 0.717) is 12.0 Å². The molecule has 0 spiro atoms. The van der Waals surface area contributed by atoms with Gasteiger partial charge >= 0.3 is 0 Å². The maximum absolute atomic E-state index is 11.9. The van der Waals surface area contributed by atoms with Crippen molar-refractivity contribution in [2.75, 3.05) is 17.3 Å². The molecule has 0 aliphatic carbocycles. The third kappa shape index (κ3) is 16.2. The molecule has 5 nitrogen and oxygen atoms in total. The summed E-state index contributed by atoms with van der Waals surface area (Å²) in [5, 5.41) is 9.64. The quantitative estimate of drug-likeness (QED) is 0.150. The summed E-state index contributed by atoms with van der Waals surface area (Å²) < 4.78 is 26.1. The van der Waals surface area contributed by atoms with Crippen molar-refractivity contribution in [1.82, 2.24) is 4.72 Å². The monoisotopic (exact) mass is 443 g/mol. The maximum atomic E-state index is 11.9. The molecule has 0 aliphatic heterocycles. The Hall–Kier alpha value is -1.31. The lowest BCUT2D eigenvalue weighted by Crippen LogP contribution is -2.39. The average molecular weight is 444 g/mol. The van der Waals surface area contributed by atoms with Crippen LogP contribution in [-0.4, -0.2) is 43.1 Å². The number of hydrogen-bond donors (Lipinski definition) is 2. The minimum absolute atomic E-state index is 0.0715. The Morgan fingerprint density at radius 1 is 1.03 bits per heavy atom. The number of carbonyl (C=O) groups excluding carboxylic acids is 1. The van der Waals surface area contributed by atoms with Crippen LogP contribution in [0.4, 0.5) is 0 Å². The molecule has 0 saturated heterocycles. The van der Waals surface area contributed by atoms with Crippen LogP contribution >= 0.6 is 11.8 Å². The van der Waals surface area contributed by atoms with E-state index < -0.39 is 16.1 Å². The van der Waals surface area contributed by atoms with Gasteiger partial charge in [0.05, 0.1) is 11.8 Å². The number of hydrogen-bond acceptors (Lipinski definition) is 5. The molecule has 0 aromatic rings. The van der Waals surface area contributed by atoms with Gasteiger partial charge in [0.15, 0.2) is 0 Å². The predicted molar refractivity (Wildman–Crippen MR) is 126 cm³/mol. The fourth-order valence-corrected chi connectivity index (χ4v) is 4.74. The summed E-state index contributed by atoms with van der Waals surface area (Å²) in [4.78, 5) is 10.4. The Bertz CT molecular complexity index is 702. The molecule has 0 rings (SSSR count). The third-order valence-electron chi connectivity index (χ3n) is 4.19. The predicted octanol–water partition coefficient (Wildman–Crippen LogP) is 5.09. The second kappa shape index (κ2) is 15.5. The van der Waals surface area contributed by atoms with Gasteiger partial charge in [-0.25, -0.2) is 13.1 Å². The molecule has 0 heterocycles. The van der Waals surface area contributed by atoms with E-state index in [1.165, 1.54) is 28.5 Å². The molecule has 0 amide bonds. The van der Waals surface area contributed by atoms with Gasteiger partial charge in [0.2, 0.25) is 10.0 Å². The number of carbonyl (C=O) groups is 1. The SMILES string of the molecule is C=C(O)C(CSC/C=C(\C)CC/C=C(\C)CCC=C(C)C)NS(=O)(=O)CCC=O. The topological polar surface area (TPSA) is 83.5 Å². The van der Waals surface area contributed by atoms with Crippen LogP contribution in [0.3, 0.4) is 0 Å². The van der Waals surface area contributed by atoms with Crippen LogP contribution in [0.5, 0.6) is 0 Å². The van der Waals surface area contributed by atoms with Gasteiger partial charge in [-0.15, -0.1) is 0 Å². The van der Waals surface area contributed by atoms with Crippen LogP contribution in [-0.2, 0) is 14.8 Å². The first-order valence-corrected chi connectivity index (χ1v) is 12.7. The molecule has 0 aromatic carbocycles. The first-order chi connectivity index (χ1) is 13.6. The van der Waals surface area contributed by atoms with Gasteiger partial charge in [-0.3, -0.25) is 0 Å². The molecule has 0 fully saturated rings. The zero-order chi connectivity index (χ0) is 22.3. The molecule has 0 bridgehead atoms. The van der Waals surface area contributed by atoms with Crippen molar-refractivity contribution in [3.63, 3.8) is 0 Å². The van der Waals surface area contributed by atoms with E-state index in [9.17, 15) is 18.3 Å². The zero-order valence-corrected chi connectivity index (χ0v) is 19.9. The van der Waals surface area contributed by atoms with Crippen molar-refractivity contribution in [2.45, 2.75) is 65.8 Å². The van der Waals surface area contributed by atoms with E-state index in [1.54, 1.807) is 0 Å². The van der Waals surface area contributed by atoms with Crippen LogP contribution < -0.4 is 4.72 Å². The molecular weight excluding hydrogens is 406 g/mol. The lowest BCUT2D eigenvalue weighted by molar-refractivity contribution is -0.107.